The van der Waals surface area contributed by atoms with Crippen molar-refractivity contribution in [1.82, 2.24) is 25.0 Å². The number of nitrogens with zero attached hydrogens (tertiary/aromatic N) is 5. The number of pyridine rings is 1. The Morgan fingerprint density at radius 1 is 1.00 bits per heavy atom. The fourth-order valence-corrected chi connectivity index (χ4v) is 4.81. The topological polar surface area (TPSA) is 85.6 Å². The van der Waals surface area contributed by atoms with Gasteiger partial charge in [0.1, 0.15) is 5.82 Å². The number of rotatable bonds is 4. The van der Waals surface area contributed by atoms with Crippen molar-refractivity contribution in [2.75, 3.05) is 5.32 Å². The third-order valence-corrected chi connectivity index (χ3v) is 6.60. The molecule has 1 N–H and O–H groups in total. The first kappa shape index (κ1) is 19.8. The lowest BCUT2D eigenvalue weighted by atomic mass is 9.88. The zero-order valence-corrected chi connectivity index (χ0v) is 17.9. The minimum Gasteiger partial charge on any atom is -0.366 e. The van der Waals surface area contributed by atoms with E-state index >= 15 is 0 Å². The smallest absolute Gasteiger partial charge is 0.267 e. The lowest BCUT2D eigenvalue weighted by Crippen LogP contribution is -2.33. The molecule has 2 aliphatic rings. The summed E-state index contributed by atoms with van der Waals surface area (Å²) in [6, 6.07) is 9.91. The first-order chi connectivity index (χ1) is 15.2. The molecule has 3 aromatic rings. The van der Waals surface area contributed by atoms with Gasteiger partial charge in [-0.15, -0.1) is 5.10 Å². The van der Waals surface area contributed by atoms with Gasteiger partial charge in [0.05, 0.1) is 17.4 Å². The maximum Gasteiger partial charge on any atom is 0.267 e. The van der Waals surface area contributed by atoms with Gasteiger partial charge in [-0.3, -0.25) is 9.78 Å². The summed E-state index contributed by atoms with van der Waals surface area (Å²) in [7, 11) is 0. The Bertz CT molecular complexity index is 1100. The van der Waals surface area contributed by atoms with Crippen LogP contribution in [0.15, 0.2) is 47.5 Å². The molecule has 1 fully saturated rings. The standard InChI is InChI=1S/C24H28N6O/c1-16-2-7-21-18(14-16)15-23(28-27-21)26-19-3-5-20(6-4-19)30-24(31)9-8-22(29-30)17-10-12-25-13-11-17/h8-13,15-16,19-20H,2-7,14H2,1H3,(H,26,28). The molecule has 2 aliphatic carbocycles. The van der Waals surface area contributed by atoms with Crippen LogP contribution in [0.1, 0.15) is 56.3 Å². The number of anilines is 1. The lowest BCUT2D eigenvalue weighted by Gasteiger charge is -2.30. The monoisotopic (exact) mass is 416 g/mol. The number of aromatic nitrogens is 5. The zero-order chi connectivity index (χ0) is 21.2. The van der Waals surface area contributed by atoms with E-state index in [1.54, 1.807) is 29.2 Å². The Morgan fingerprint density at radius 2 is 1.81 bits per heavy atom. The molecule has 0 bridgehead atoms. The van der Waals surface area contributed by atoms with Crippen LogP contribution in [-0.4, -0.2) is 31.0 Å². The Labute approximate surface area is 182 Å². The lowest BCUT2D eigenvalue weighted by molar-refractivity contribution is 0.304. The molecule has 1 unspecified atom stereocenters. The van der Waals surface area contributed by atoms with Gasteiger partial charge in [-0.05, 0) is 80.7 Å². The number of nitrogens with one attached hydrogen (secondary N) is 1. The summed E-state index contributed by atoms with van der Waals surface area (Å²) < 4.78 is 1.67. The van der Waals surface area contributed by atoms with Gasteiger partial charge in [0.25, 0.3) is 5.56 Å². The van der Waals surface area contributed by atoms with Crippen molar-refractivity contribution >= 4 is 5.82 Å². The second kappa shape index (κ2) is 8.57. The van der Waals surface area contributed by atoms with Gasteiger partial charge in [-0.1, -0.05) is 6.92 Å². The Balaban J connectivity index is 1.25. The second-order valence-electron chi connectivity index (χ2n) is 8.94. The maximum atomic E-state index is 12.5. The van der Waals surface area contributed by atoms with Crippen molar-refractivity contribution in [3.8, 4) is 11.3 Å². The molecule has 3 heterocycles. The summed E-state index contributed by atoms with van der Waals surface area (Å²) in [4.78, 5) is 16.5. The SMILES string of the molecule is CC1CCc2nnc(NC3CCC(n4nc(-c5ccncc5)ccc4=O)CC3)cc2C1. The van der Waals surface area contributed by atoms with Crippen molar-refractivity contribution in [3.63, 3.8) is 0 Å². The van der Waals surface area contributed by atoms with E-state index in [0.29, 0.717) is 12.0 Å². The first-order valence-electron chi connectivity index (χ1n) is 11.3. The van der Waals surface area contributed by atoms with E-state index in [-0.39, 0.29) is 11.6 Å². The molecule has 31 heavy (non-hydrogen) atoms. The molecule has 160 valence electrons. The number of hydrogen-bond donors (Lipinski definition) is 1. The largest absolute Gasteiger partial charge is 0.366 e. The van der Waals surface area contributed by atoms with E-state index in [1.165, 1.54) is 12.0 Å². The van der Waals surface area contributed by atoms with Crippen molar-refractivity contribution in [2.24, 2.45) is 5.92 Å². The Morgan fingerprint density at radius 3 is 2.61 bits per heavy atom. The predicted molar refractivity (Wildman–Crippen MR) is 120 cm³/mol. The summed E-state index contributed by atoms with van der Waals surface area (Å²) in [5, 5.41) is 17.1. The normalized spacial score (nSPS) is 23.2. The van der Waals surface area contributed by atoms with Crippen molar-refractivity contribution in [1.29, 1.82) is 0 Å². The molecular formula is C24H28N6O. The van der Waals surface area contributed by atoms with E-state index < -0.39 is 0 Å². The molecule has 7 nitrogen and oxygen atoms in total. The molecule has 0 saturated heterocycles. The highest BCUT2D eigenvalue weighted by Crippen LogP contribution is 2.30. The summed E-state index contributed by atoms with van der Waals surface area (Å²) in [6.07, 6.45) is 10.6. The molecule has 0 aliphatic heterocycles. The summed E-state index contributed by atoms with van der Waals surface area (Å²) in [6.45, 7) is 2.30. The van der Waals surface area contributed by atoms with E-state index in [4.69, 9.17) is 0 Å². The number of hydrogen-bond acceptors (Lipinski definition) is 6. The Hall–Kier alpha value is -3.09. The molecule has 1 atom stereocenters. The van der Waals surface area contributed by atoms with Crippen LogP contribution >= 0.6 is 0 Å². The highest BCUT2D eigenvalue weighted by Gasteiger charge is 2.25. The molecule has 5 rings (SSSR count). The van der Waals surface area contributed by atoms with Crippen LogP contribution < -0.4 is 10.9 Å². The van der Waals surface area contributed by atoms with E-state index in [0.717, 1.165) is 61.3 Å². The average Bonchev–Trinajstić information content (AvgIpc) is 2.80. The molecule has 1 saturated carbocycles. The fourth-order valence-electron chi connectivity index (χ4n) is 4.81. The van der Waals surface area contributed by atoms with Crippen LogP contribution in [0.25, 0.3) is 11.3 Å². The van der Waals surface area contributed by atoms with Gasteiger partial charge in [-0.25, -0.2) is 4.68 Å². The third-order valence-electron chi connectivity index (χ3n) is 6.60. The summed E-state index contributed by atoms with van der Waals surface area (Å²) in [5.74, 6) is 1.60. The van der Waals surface area contributed by atoms with Gasteiger partial charge in [0, 0.05) is 30.1 Å². The minimum absolute atomic E-state index is 0.0381. The van der Waals surface area contributed by atoms with Crippen LogP contribution in [0.5, 0.6) is 0 Å². The zero-order valence-electron chi connectivity index (χ0n) is 17.9. The van der Waals surface area contributed by atoms with E-state index in [9.17, 15) is 4.79 Å². The van der Waals surface area contributed by atoms with Crippen LogP contribution in [0.4, 0.5) is 5.82 Å². The average molecular weight is 417 g/mol. The van der Waals surface area contributed by atoms with E-state index in [1.807, 2.05) is 12.1 Å². The highest BCUT2D eigenvalue weighted by atomic mass is 16.1. The number of aryl methyl sites for hydroxylation is 1. The van der Waals surface area contributed by atoms with Gasteiger partial charge in [0.15, 0.2) is 0 Å². The predicted octanol–water partition coefficient (Wildman–Crippen LogP) is 3.82. The molecule has 0 spiro atoms. The Kier molecular flexibility index (Phi) is 5.49. The third kappa shape index (κ3) is 4.36. The quantitative estimate of drug-likeness (QED) is 0.696. The fraction of sp³-hybridized carbons (Fsp3) is 0.458. The van der Waals surface area contributed by atoms with Gasteiger partial charge in [0.2, 0.25) is 0 Å². The van der Waals surface area contributed by atoms with Gasteiger partial charge < -0.3 is 5.32 Å². The van der Waals surface area contributed by atoms with Crippen LogP contribution in [0, 0.1) is 5.92 Å². The molecular weight excluding hydrogens is 388 g/mol. The number of fused-ring (bicyclic) bond motifs is 1. The molecule has 3 aromatic heterocycles. The van der Waals surface area contributed by atoms with Crippen molar-refractivity contribution < 1.29 is 0 Å². The molecule has 0 amide bonds. The van der Waals surface area contributed by atoms with Gasteiger partial charge in [-0.2, -0.15) is 10.2 Å². The van der Waals surface area contributed by atoms with Crippen molar-refractivity contribution in [2.45, 2.75) is 64.0 Å². The van der Waals surface area contributed by atoms with Crippen LogP contribution in [-0.2, 0) is 12.8 Å². The first-order valence-corrected chi connectivity index (χ1v) is 11.3. The second-order valence-corrected chi connectivity index (χ2v) is 8.94. The highest BCUT2D eigenvalue weighted by molar-refractivity contribution is 5.57. The maximum absolute atomic E-state index is 12.5. The molecule has 0 aromatic carbocycles. The van der Waals surface area contributed by atoms with Crippen LogP contribution in [0.3, 0.4) is 0 Å². The van der Waals surface area contributed by atoms with Crippen LogP contribution in [0.2, 0.25) is 0 Å². The molecule has 0 radical (unpaired) electrons. The summed E-state index contributed by atoms with van der Waals surface area (Å²) >= 11 is 0. The van der Waals surface area contributed by atoms with Gasteiger partial charge >= 0.3 is 0 Å². The summed E-state index contributed by atoms with van der Waals surface area (Å²) in [5.41, 5.74) is 4.24. The minimum atomic E-state index is -0.0381. The van der Waals surface area contributed by atoms with Crippen molar-refractivity contribution in [3.05, 3.63) is 64.3 Å². The van der Waals surface area contributed by atoms with E-state index in [2.05, 4.69) is 38.6 Å². The molecule has 7 heteroatoms.